The highest BCUT2D eigenvalue weighted by Crippen LogP contribution is 2.57. The largest absolute Gasteiger partial charge is 0.208 e. The summed E-state index contributed by atoms with van der Waals surface area (Å²) in [7, 11) is 0. The number of benzene rings is 9. The summed E-state index contributed by atoms with van der Waals surface area (Å²) in [5.41, 5.74) is 11.9. The number of nitriles is 1. The third kappa shape index (κ3) is 5.71. The van der Waals surface area contributed by atoms with Gasteiger partial charge in [0, 0.05) is 16.7 Å². The van der Waals surface area contributed by atoms with Crippen LogP contribution in [0.1, 0.15) is 27.8 Å². The zero-order valence-electron chi connectivity index (χ0n) is 31.9. The molecule has 0 saturated heterocycles. The number of nitrogens with zero attached hydrogens (tertiary/aromatic N) is 4. The number of hydrogen-bond donors (Lipinski definition) is 0. The molecule has 10 aromatic rings. The molecule has 59 heavy (non-hydrogen) atoms. The normalized spacial score (nSPS) is 12.5. The van der Waals surface area contributed by atoms with Crippen molar-refractivity contribution >= 4 is 21.5 Å². The molecule has 0 fully saturated rings. The third-order valence-corrected chi connectivity index (χ3v) is 11.8. The molecular weight excluding hydrogens is 717 g/mol. The molecule has 1 aromatic heterocycles. The van der Waals surface area contributed by atoms with Gasteiger partial charge in [0.05, 0.1) is 17.0 Å². The SMILES string of the molecule is N#Cc1ccc2c(c1)-c1cc(-c3cccc(-c4nc(-c5ccc6ccccc6c5)nc(-c5ccc6ccccc6c5)n4)c3)ccc1C2(c1ccccc1)c1ccccc1. The van der Waals surface area contributed by atoms with Crippen LogP contribution in [0.5, 0.6) is 0 Å². The summed E-state index contributed by atoms with van der Waals surface area (Å²) in [4.78, 5) is 15.4. The van der Waals surface area contributed by atoms with Gasteiger partial charge in [0.25, 0.3) is 0 Å². The van der Waals surface area contributed by atoms with E-state index in [0.717, 1.165) is 49.7 Å². The van der Waals surface area contributed by atoms with Gasteiger partial charge < -0.3 is 0 Å². The van der Waals surface area contributed by atoms with Crippen LogP contribution < -0.4 is 0 Å². The smallest absolute Gasteiger partial charge is 0.164 e. The maximum Gasteiger partial charge on any atom is 0.164 e. The van der Waals surface area contributed by atoms with E-state index in [2.05, 4.69) is 206 Å². The fourth-order valence-electron chi connectivity index (χ4n) is 9.01. The van der Waals surface area contributed by atoms with Gasteiger partial charge in [-0.2, -0.15) is 5.26 Å². The van der Waals surface area contributed by atoms with Crippen LogP contribution in [-0.2, 0) is 5.41 Å². The minimum absolute atomic E-state index is 0.551. The summed E-state index contributed by atoms with van der Waals surface area (Å²) < 4.78 is 0. The van der Waals surface area contributed by atoms with Gasteiger partial charge in [-0.05, 0) is 102 Å². The van der Waals surface area contributed by atoms with Crippen LogP contribution in [0.15, 0.2) is 206 Å². The molecule has 1 aliphatic carbocycles. The zero-order chi connectivity index (χ0) is 39.3. The van der Waals surface area contributed by atoms with Gasteiger partial charge in [-0.3, -0.25) is 0 Å². The quantitative estimate of drug-likeness (QED) is 0.170. The molecule has 0 bridgehead atoms. The van der Waals surface area contributed by atoms with E-state index in [0.29, 0.717) is 23.0 Å². The van der Waals surface area contributed by atoms with E-state index in [-0.39, 0.29) is 0 Å². The average molecular weight is 751 g/mol. The minimum Gasteiger partial charge on any atom is -0.208 e. The second-order valence-corrected chi connectivity index (χ2v) is 15.1. The second kappa shape index (κ2) is 13.9. The van der Waals surface area contributed by atoms with Gasteiger partial charge in [-0.15, -0.1) is 0 Å². The van der Waals surface area contributed by atoms with Crippen molar-refractivity contribution in [2.75, 3.05) is 0 Å². The van der Waals surface area contributed by atoms with Crippen LogP contribution in [0.25, 0.3) is 78.0 Å². The Morgan fingerprint density at radius 1 is 0.339 bits per heavy atom. The predicted molar refractivity (Wildman–Crippen MR) is 239 cm³/mol. The molecule has 1 heterocycles. The van der Waals surface area contributed by atoms with Crippen LogP contribution in [0.4, 0.5) is 0 Å². The highest BCUT2D eigenvalue weighted by Gasteiger charge is 2.46. The first-order valence-corrected chi connectivity index (χ1v) is 19.8. The molecule has 0 spiro atoms. The molecule has 0 amide bonds. The van der Waals surface area contributed by atoms with Crippen molar-refractivity contribution < 1.29 is 0 Å². The van der Waals surface area contributed by atoms with E-state index < -0.39 is 5.41 Å². The molecule has 0 aliphatic heterocycles. The molecule has 4 nitrogen and oxygen atoms in total. The Balaban J connectivity index is 1.07. The summed E-state index contributed by atoms with van der Waals surface area (Å²) >= 11 is 0. The summed E-state index contributed by atoms with van der Waals surface area (Å²) in [6.45, 7) is 0. The summed E-state index contributed by atoms with van der Waals surface area (Å²) in [6.07, 6.45) is 0. The first-order valence-electron chi connectivity index (χ1n) is 19.8. The van der Waals surface area contributed by atoms with Crippen LogP contribution in [0.2, 0.25) is 0 Å². The molecule has 0 atom stereocenters. The van der Waals surface area contributed by atoms with E-state index in [1.54, 1.807) is 0 Å². The number of aromatic nitrogens is 3. The summed E-state index contributed by atoms with van der Waals surface area (Å²) in [5.74, 6) is 1.84. The summed E-state index contributed by atoms with van der Waals surface area (Å²) in [6, 6.07) is 74.7. The lowest BCUT2D eigenvalue weighted by molar-refractivity contribution is 0.768. The fourth-order valence-corrected chi connectivity index (χ4v) is 9.01. The first-order chi connectivity index (χ1) is 29.2. The van der Waals surface area contributed by atoms with Gasteiger partial charge in [-0.25, -0.2) is 15.0 Å². The molecule has 11 rings (SSSR count). The molecule has 4 heteroatoms. The van der Waals surface area contributed by atoms with E-state index in [1.165, 1.54) is 33.0 Å². The van der Waals surface area contributed by atoms with Crippen molar-refractivity contribution in [1.82, 2.24) is 15.0 Å². The van der Waals surface area contributed by atoms with E-state index in [9.17, 15) is 5.26 Å². The maximum absolute atomic E-state index is 10.1. The molecule has 1 aliphatic rings. The predicted octanol–water partition coefficient (Wildman–Crippen LogP) is 13.1. The molecule has 0 saturated carbocycles. The standard InChI is InChI=1S/C55H34N4/c56-35-36-22-28-50-48(30-36)49-34-42(27-29-51(49)55(50,46-18-3-1-4-19-46)47-20-5-2-6-21-47)41-16-11-17-43(33-41)52-57-53(44-25-23-37-12-7-9-14-39(37)31-44)59-54(58-52)45-26-24-38-13-8-10-15-40(38)32-45/h1-34H. The maximum atomic E-state index is 10.1. The Labute approximate surface area is 342 Å². The van der Waals surface area contributed by atoms with Crippen molar-refractivity contribution in [2.24, 2.45) is 0 Å². The van der Waals surface area contributed by atoms with Crippen molar-refractivity contribution in [3.8, 4) is 62.5 Å². The highest BCUT2D eigenvalue weighted by atomic mass is 15.0. The van der Waals surface area contributed by atoms with Gasteiger partial charge in [0.2, 0.25) is 0 Å². The number of fused-ring (bicyclic) bond motifs is 5. The van der Waals surface area contributed by atoms with Gasteiger partial charge in [-0.1, -0.05) is 170 Å². The van der Waals surface area contributed by atoms with E-state index >= 15 is 0 Å². The number of hydrogen-bond acceptors (Lipinski definition) is 4. The second-order valence-electron chi connectivity index (χ2n) is 15.1. The zero-order valence-corrected chi connectivity index (χ0v) is 31.9. The summed E-state index contributed by atoms with van der Waals surface area (Å²) in [5, 5.41) is 14.7. The van der Waals surface area contributed by atoms with Crippen molar-refractivity contribution in [2.45, 2.75) is 5.41 Å². The minimum atomic E-state index is -0.551. The Morgan fingerprint density at radius 2 is 0.780 bits per heavy atom. The van der Waals surface area contributed by atoms with Gasteiger partial charge >= 0.3 is 0 Å². The Bertz CT molecular complexity index is 3150. The third-order valence-electron chi connectivity index (χ3n) is 11.8. The number of rotatable bonds is 6. The Kier molecular flexibility index (Phi) is 8.06. The van der Waals surface area contributed by atoms with Gasteiger partial charge in [0.15, 0.2) is 17.5 Å². The van der Waals surface area contributed by atoms with Gasteiger partial charge in [0.1, 0.15) is 0 Å². The van der Waals surface area contributed by atoms with Crippen molar-refractivity contribution in [1.29, 1.82) is 5.26 Å². The van der Waals surface area contributed by atoms with Crippen molar-refractivity contribution in [3.05, 3.63) is 234 Å². The fraction of sp³-hybridized carbons (Fsp3) is 0.0182. The first kappa shape index (κ1) is 34.3. The highest BCUT2D eigenvalue weighted by molar-refractivity contribution is 5.91. The van der Waals surface area contributed by atoms with Crippen LogP contribution in [-0.4, -0.2) is 15.0 Å². The van der Waals surface area contributed by atoms with Crippen molar-refractivity contribution in [3.63, 3.8) is 0 Å². The van der Waals surface area contributed by atoms with E-state index in [1.807, 2.05) is 6.07 Å². The van der Waals surface area contributed by atoms with Crippen LogP contribution in [0, 0.1) is 11.3 Å². The molecule has 9 aromatic carbocycles. The lowest BCUT2D eigenvalue weighted by Gasteiger charge is -2.34. The Morgan fingerprint density at radius 3 is 1.34 bits per heavy atom. The molecule has 0 radical (unpaired) electrons. The topological polar surface area (TPSA) is 62.5 Å². The van der Waals surface area contributed by atoms with Crippen LogP contribution >= 0.6 is 0 Å². The Hall–Kier alpha value is -8.00. The van der Waals surface area contributed by atoms with Crippen LogP contribution in [0.3, 0.4) is 0 Å². The molecular formula is C55H34N4. The van der Waals surface area contributed by atoms with E-state index in [4.69, 9.17) is 15.0 Å². The lowest BCUT2D eigenvalue weighted by Crippen LogP contribution is -2.28. The molecule has 0 unspecified atom stereocenters. The monoisotopic (exact) mass is 750 g/mol. The molecule has 0 N–H and O–H groups in total. The average Bonchev–Trinajstić information content (AvgIpc) is 3.61. The lowest BCUT2D eigenvalue weighted by atomic mass is 9.67. The molecule has 274 valence electrons.